The summed E-state index contributed by atoms with van der Waals surface area (Å²) in [6, 6.07) is 7.46. The maximum absolute atomic E-state index is 12.2. The van der Waals surface area contributed by atoms with Gasteiger partial charge in [-0.05, 0) is 30.5 Å². The number of imidazole rings is 1. The zero-order valence-electron chi connectivity index (χ0n) is 11.0. The van der Waals surface area contributed by atoms with Crippen LogP contribution >= 0.6 is 0 Å². The predicted octanol–water partition coefficient (Wildman–Crippen LogP) is 0.636. The van der Waals surface area contributed by atoms with E-state index in [1.165, 1.54) is 0 Å². The number of carbonyl (C=O) groups excluding carboxylic acids is 1. The van der Waals surface area contributed by atoms with Gasteiger partial charge in [0.1, 0.15) is 0 Å². The average molecular weight is 272 g/mol. The Kier molecular flexibility index (Phi) is 3.15. The molecule has 6 heteroatoms. The zero-order chi connectivity index (χ0) is 14.1. The topological polar surface area (TPSA) is 82.0 Å². The molecule has 3 rings (SSSR count). The summed E-state index contributed by atoms with van der Waals surface area (Å²) in [4.78, 5) is 23.6. The smallest absolute Gasteiger partial charge is 0.296 e. The molecule has 1 aliphatic carbocycles. The summed E-state index contributed by atoms with van der Waals surface area (Å²) < 4.78 is 3.42. The van der Waals surface area contributed by atoms with Crippen molar-refractivity contribution in [2.75, 3.05) is 0 Å². The second kappa shape index (κ2) is 4.97. The Balaban J connectivity index is 1.84. The van der Waals surface area contributed by atoms with Crippen molar-refractivity contribution in [3.63, 3.8) is 0 Å². The number of nitrogen functional groups attached to an aromatic ring is 1. The molecular weight excluding hydrogens is 256 g/mol. The van der Waals surface area contributed by atoms with Crippen LogP contribution in [0.15, 0.2) is 41.5 Å². The predicted molar refractivity (Wildman–Crippen MR) is 74.2 cm³/mol. The summed E-state index contributed by atoms with van der Waals surface area (Å²) in [7, 11) is 0. The van der Waals surface area contributed by atoms with Gasteiger partial charge in [0.15, 0.2) is 0 Å². The van der Waals surface area contributed by atoms with E-state index in [-0.39, 0.29) is 11.6 Å². The fraction of sp³-hybridized carbons (Fsp3) is 0.286. The third-order valence-electron chi connectivity index (χ3n) is 3.49. The Morgan fingerprint density at radius 3 is 2.85 bits per heavy atom. The van der Waals surface area contributed by atoms with Gasteiger partial charge >= 0.3 is 5.69 Å². The fourth-order valence-electron chi connectivity index (χ4n) is 2.27. The lowest BCUT2D eigenvalue weighted by molar-refractivity contribution is 0.0953. The summed E-state index contributed by atoms with van der Waals surface area (Å²) in [5, 5.41) is 0. The first-order valence-corrected chi connectivity index (χ1v) is 6.56. The number of nitrogens with one attached hydrogen (secondary N) is 1. The number of hydrazine groups is 1. The molecule has 2 aromatic rings. The maximum Gasteiger partial charge on any atom is 0.328 e. The lowest BCUT2D eigenvalue weighted by atomic mass is 10.1. The van der Waals surface area contributed by atoms with Gasteiger partial charge < -0.3 is 0 Å². The van der Waals surface area contributed by atoms with E-state index >= 15 is 0 Å². The molecule has 0 aliphatic heterocycles. The van der Waals surface area contributed by atoms with Crippen LogP contribution in [0.5, 0.6) is 0 Å². The van der Waals surface area contributed by atoms with E-state index in [2.05, 4.69) is 5.43 Å². The van der Waals surface area contributed by atoms with Crippen LogP contribution in [0.1, 0.15) is 34.8 Å². The van der Waals surface area contributed by atoms with Gasteiger partial charge in [0.25, 0.3) is 5.91 Å². The zero-order valence-corrected chi connectivity index (χ0v) is 11.0. The van der Waals surface area contributed by atoms with Crippen LogP contribution < -0.4 is 17.0 Å². The van der Waals surface area contributed by atoms with Gasteiger partial charge in [0, 0.05) is 24.0 Å². The van der Waals surface area contributed by atoms with Gasteiger partial charge in [-0.15, -0.1) is 0 Å². The van der Waals surface area contributed by atoms with Gasteiger partial charge in [0.2, 0.25) is 0 Å². The number of hydrogen-bond acceptors (Lipinski definition) is 3. The number of aromatic nitrogens is 2. The number of nitrogens with zero attached hydrogens (tertiary/aromatic N) is 2. The Hall–Kier alpha value is -2.34. The van der Waals surface area contributed by atoms with Crippen molar-refractivity contribution in [1.82, 2.24) is 14.6 Å². The second-order valence-electron chi connectivity index (χ2n) is 5.02. The molecule has 1 aliphatic rings. The van der Waals surface area contributed by atoms with Crippen molar-refractivity contribution in [2.24, 2.45) is 5.84 Å². The second-order valence-corrected chi connectivity index (χ2v) is 5.02. The Bertz CT molecular complexity index is 697. The minimum Gasteiger partial charge on any atom is -0.296 e. The van der Waals surface area contributed by atoms with Crippen LogP contribution in [-0.4, -0.2) is 15.0 Å². The number of benzene rings is 1. The minimum atomic E-state index is -0.338. The molecule has 0 saturated heterocycles. The van der Waals surface area contributed by atoms with Gasteiger partial charge in [0.05, 0.1) is 6.54 Å². The Morgan fingerprint density at radius 2 is 2.15 bits per heavy atom. The highest BCUT2D eigenvalue weighted by Gasteiger charge is 2.25. The molecule has 0 atom stereocenters. The van der Waals surface area contributed by atoms with Gasteiger partial charge in [-0.2, -0.15) is 0 Å². The highest BCUT2D eigenvalue weighted by molar-refractivity contribution is 5.93. The number of amides is 1. The molecule has 1 aromatic carbocycles. The van der Waals surface area contributed by atoms with Gasteiger partial charge in [-0.3, -0.25) is 19.4 Å². The van der Waals surface area contributed by atoms with E-state index in [1.54, 1.807) is 33.5 Å². The van der Waals surface area contributed by atoms with Crippen molar-refractivity contribution < 1.29 is 4.79 Å². The largest absolute Gasteiger partial charge is 0.328 e. The normalized spacial score (nSPS) is 14.2. The average Bonchev–Trinajstić information content (AvgIpc) is 3.25. The van der Waals surface area contributed by atoms with Crippen LogP contribution in [0.25, 0.3) is 0 Å². The summed E-state index contributed by atoms with van der Waals surface area (Å²) in [6.45, 7) is 0.449. The molecule has 0 bridgehead atoms. The standard InChI is InChI=1S/C14H16N4O2/c15-16-13(19)11-3-1-2-10(8-11)9-17-6-7-18(14(17)20)12-4-5-12/h1-3,6-8,12H,4-5,9,15H2,(H,16,19). The van der Waals surface area contributed by atoms with Crippen LogP contribution in [0.3, 0.4) is 0 Å². The molecule has 0 unspecified atom stereocenters. The molecule has 1 heterocycles. The molecule has 1 amide bonds. The van der Waals surface area contributed by atoms with Crippen molar-refractivity contribution >= 4 is 5.91 Å². The van der Waals surface area contributed by atoms with Gasteiger partial charge in [-0.1, -0.05) is 12.1 Å². The highest BCUT2D eigenvalue weighted by atomic mass is 16.2. The first-order valence-electron chi connectivity index (χ1n) is 6.56. The van der Waals surface area contributed by atoms with Crippen molar-refractivity contribution in [2.45, 2.75) is 25.4 Å². The summed E-state index contributed by atoms with van der Waals surface area (Å²) in [5.74, 6) is 4.78. The van der Waals surface area contributed by atoms with Crippen LogP contribution in [0.4, 0.5) is 0 Å². The van der Waals surface area contributed by atoms with E-state index in [1.807, 2.05) is 12.3 Å². The first kappa shape index (κ1) is 12.7. The third-order valence-corrected chi connectivity index (χ3v) is 3.49. The monoisotopic (exact) mass is 272 g/mol. The molecule has 104 valence electrons. The molecule has 20 heavy (non-hydrogen) atoms. The van der Waals surface area contributed by atoms with E-state index in [9.17, 15) is 9.59 Å². The third kappa shape index (κ3) is 2.37. The number of rotatable bonds is 4. The molecule has 3 N–H and O–H groups in total. The Morgan fingerprint density at radius 1 is 1.35 bits per heavy atom. The molecule has 1 fully saturated rings. The summed E-state index contributed by atoms with van der Waals surface area (Å²) in [6.07, 6.45) is 5.78. The van der Waals surface area contributed by atoms with E-state index in [0.29, 0.717) is 18.2 Å². The van der Waals surface area contributed by atoms with Crippen LogP contribution in [0.2, 0.25) is 0 Å². The van der Waals surface area contributed by atoms with E-state index in [0.717, 1.165) is 18.4 Å². The quantitative estimate of drug-likeness (QED) is 0.487. The molecule has 6 nitrogen and oxygen atoms in total. The highest BCUT2D eigenvalue weighted by Crippen LogP contribution is 2.33. The maximum atomic E-state index is 12.2. The fourth-order valence-corrected chi connectivity index (χ4v) is 2.27. The van der Waals surface area contributed by atoms with E-state index < -0.39 is 0 Å². The van der Waals surface area contributed by atoms with E-state index in [4.69, 9.17) is 5.84 Å². The first-order chi connectivity index (χ1) is 9.69. The molecule has 1 aromatic heterocycles. The van der Waals surface area contributed by atoms with Crippen LogP contribution in [-0.2, 0) is 6.54 Å². The SMILES string of the molecule is NNC(=O)c1cccc(Cn2ccn(C3CC3)c2=O)c1. The lowest BCUT2D eigenvalue weighted by Crippen LogP contribution is -2.30. The molecule has 0 spiro atoms. The van der Waals surface area contributed by atoms with Crippen LogP contribution in [0, 0.1) is 0 Å². The van der Waals surface area contributed by atoms with Crippen molar-refractivity contribution in [3.05, 3.63) is 58.3 Å². The lowest BCUT2D eigenvalue weighted by Gasteiger charge is -2.05. The molecular formula is C14H16N4O2. The summed E-state index contributed by atoms with van der Waals surface area (Å²) in [5.41, 5.74) is 3.48. The number of hydrogen-bond donors (Lipinski definition) is 2. The molecule has 1 saturated carbocycles. The number of nitrogens with two attached hydrogens (primary N) is 1. The molecule has 0 radical (unpaired) electrons. The summed E-state index contributed by atoms with van der Waals surface area (Å²) >= 11 is 0. The Labute approximate surface area is 115 Å². The van der Waals surface area contributed by atoms with Gasteiger partial charge in [-0.25, -0.2) is 10.6 Å². The minimum absolute atomic E-state index is 0.00109. The number of carbonyl (C=O) groups is 1. The van der Waals surface area contributed by atoms with Crippen molar-refractivity contribution in [3.8, 4) is 0 Å². The van der Waals surface area contributed by atoms with Crippen molar-refractivity contribution in [1.29, 1.82) is 0 Å².